The van der Waals surface area contributed by atoms with Gasteiger partial charge in [-0.05, 0) is 6.42 Å². The van der Waals surface area contributed by atoms with E-state index in [9.17, 15) is 4.79 Å². The maximum Gasteiger partial charge on any atom is 0.220 e. The van der Waals surface area contributed by atoms with Gasteiger partial charge in [-0.2, -0.15) is 0 Å². The van der Waals surface area contributed by atoms with Crippen molar-refractivity contribution in [2.75, 3.05) is 65.9 Å². The second-order valence-corrected chi connectivity index (χ2v) is 4.69. The van der Waals surface area contributed by atoms with Gasteiger partial charge in [0.25, 0.3) is 0 Å². The van der Waals surface area contributed by atoms with Crippen LogP contribution >= 0.6 is 0 Å². The van der Waals surface area contributed by atoms with Gasteiger partial charge in [0, 0.05) is 19.5 Å². The van der Waals surface area contributed by atoms with Crippen molar-refractivity contribution in [3.63, 3.8) is 0 Å². The third-order valence-electron chi connectivity index (χ3n) is 2.70. The molecule has 0 bridgehead atoms. The topological polar surface area (TPSA) is 92.0 Å². The molecule has 0 aromatic rings. The van der Waals surface area contributed by atoms with E-state index in [1.807, 2.05) is 0 Å². The van der Waals surface area contributed by atoms with Crippen LogP contribution in [-0.4, -0.2) is 71.9 Å². The average molecular weight is 320 g/mol. The summed E-state index contributed by atoms with van der Waals surface area (Å²) in [4.78, 5) is 11.3. The molecule has 22 heavy (non-hydrogen) atoms. The van der Waals surface area contributed by atoms with Crippen molar-refractivity contribution in [1.29, 1.82) is 0 Å². The van der Waals surface area contributed by atoms with E-state index >= 15 is 0 Å². The van der Waals surface area contributed by atoms with E-state index in [2.05, 4.69) is 12.2 Å². The van der Waals surface area contributed by atoms with Crippen LogP contribution in [0.15, 0.2) is 0 Å². The molecule has 0 unspecified atom stereocenters. The van der Waals surface area contributed by atoms with Gasteiger partial charge in [-0.25, -0.2) is 0 Å². The second-order valence-electron chi connectivity index (χ2n) is 4.69. The van der Waals surface area contributed by atoms with E-state index in [0.29, 0.717) is 72.4 Å². The monoisotopic (exact) mass is 320 g/mol. The lowest BCUT2D eigenvalue weighted by molar-refractivity contribution is -0.121. The zero-order chi connectivity index (χ0) is 16.3. The molecule has 0 spiro atoms. The van der Waals surface area contributed by atoms with Crippen molar-refractivity contribution in [2.24, 2.45) is 5.73 Å². The van der Waals surface area contributed by atoms with Gasteiger partial charge in [-0.15, -0.1) is 0 Å². The van der Waals surface area contributed by atoms with E-state index in [1.54, 1.807) is 0 Å². The molecule has 1 amide bonds. The lowest BCUT2D eigenvalue weighted by Gasteiger charge is -2.08. The standard InChI is InChI=1S/C15H32N2O5/c1-2-3-4-15(18)17-6-8-20-10-12-22-14-13-21-11-9-19-7-5-16/h2-14,16H2,1H3,(H,17,18). The number of amides is 1. The van der Waals surface area contributed by atoms with Crippen molar-refractivity contribution in [2.45, 2.75) is 26.2 Å². The number of carbonyl (C=O) groups is 1. The first-order valence-corrected chi connectivity index (χ1v) is 8.09. The molecule has 0 aliphatic heterocycles. The van der Waals surface area contributed by atoms with Gasteiger partial charge >= 0.3 is 0 Å². The van der Waals surface area contributed by atoms with E-state index in [0.717, 1.165) is 12.8 Å². The Morgan fingerprint density at radius 2 is 1.36 bits per heavy atom. The minimum absolute atomic E-state index is 0.0919. The van der Waals surface area contributed by atoms with Gasteiger partial charge in [0.15, 0.2) is 0 Å². The molecule has 0 fully saturated rings. The Labute approximate surface area is 133 Å². The third-order valence-corrected chi connectivity index (χ3v) is 2.70. The number of rotatable bonds is 17. The molecule has 7 heteroatoms. The van der Waals surface area contributed by atoms with Crippen molar-refractivity contribution in [3.05, 3.63) is 0 Å². The molecule has 0 saturated carbocycles. The first-order valence-electron chi connectivity index (χ1n) is 8.09. The molecular formula is C15H32N2O5. The fourth-order valence-electron chi connectivity index (χ4n) is 1.53. The molecule has 7 nitrogen and oxygen atoms in total. The molecule has 0 atom stereocenters. The third kappa shape index (κ3) is 17.3. The van der Waals surface area contributed by atoms with Crippen molar-refractivity contribution < 1.29 is 23.7 Å². The highest BCUT2D eigenvalue weighted by Crippen LogP contribution is 1.92. The van der Waals surface area contributed by atoms with Crippen LogP contribution < -0.4 is 11.1 Å². The largest absolute Gasteiger partial charge is 0.378 e. The lowest BCUT2D eigenvalue weighted by Crippen LogP contribution is -2.27. The highest BCUT2D eigenvalue weighted by atomic mass is 16.6. The normalized spacial score (nSPS) is 10.8. The minimum atomic E-state index is 0.0919. The SMILES string of the molecule is CCCCC(=O)NCCOCCOCCOCCOCCN. The van der Waals surface area contributed by atoms with Gasteiger partial charge in [-0.3, -0.25) is 4.79 Å². The van der Waals surface area contributed by atoms with E-state index < -0.39 is 0 Å². The van der Waals surface area contributed by atoms with E-state index in [-0.39, 0.29) is 5.91 Å². The van der Waals surface area contributed by atoms with E-state index in [4.69, 9.17) is 24.7 Å². The molecule has 0 radical (unpaired) electrons. The lowest BCUT2D eigenvalue weighted by atomic mass is 10.2. The van der Waals surface area contributed by atoms with Crippen molar-refractivity contribution in [3.8, 4) is 0 Å². The van der Waals surface area contributed by atoms with Crippen LogP contribution in [0.1, 0.15) is 26.2 Å². The van der Waals surface area contributed by atoms with Gasteiger partial charge in [0.05, 0.1) is 52.9 Å². The molecule has 0 aromatic heterocycles. The first-order chi connectivity index (χ1) is 10.8. The summed E-state index contributed by atoms with van der Waals surface area (Å²) in [6.45, 7) is 7.46. The first kappa shape index (κ1) is 21.3. The predicted octanol–water partition coefficient (Wildman–Crippen LogP) is 0.318. The second kappa shape index (κ2) is 18.3. The molecule has 0 heterocycles. The molecule has 0 saturated heterocycles. The number of nitrogens with two attached hydrogens (primary N) is 1. The summed E-state index contributed by atoms with van der Waals surface area (Å²) in [7, 11) is 0. The Hall–Kier alpha value is -0.730. The Kier molecular flexibility index (Phi) is 17.7. The number of unbranched alkanes of at least 4 members (excludes halogenated alkanes) is 1. The van der Waals surface area contributed by atoms with Crippen LogP contribution in [0.4, 0.5) is 0 Å². The van der Waals surface area contributed by atoms with Gasteiger partial charge in [0.2, 0.25) is 5.91 Å². The molecule has 3 N–H and O–H groups in total. The minimum Gasteiger partial charge on any atom is -0.378 e. The van der Waals surface area contributed by atoms with Gasteiger partial charge < -0.3 is 30.0 Å². The smallest absolute Gasteiger partial charge is 0.220 e. The van der Waals surface area contributed by atoms with Crippen LogP contribution in [0.25, 0.3) is 0 Å². The fourth-order valence-corrected chi connectivity index (χ4v) is 1.53. The van der Waals surface area contributed by atoms with Crippen LogP contribution in [0.3, 0.4) is 0 Å². The van der Waals surface area contributed by atoms with E-state index in [1.165, 1.54) is 0 Å². The number of nitrogens with one attached hydrogen (secondary N) is 1. The number of hydrogen-bond acceptors (Lipinski definition) is 6. The Morgan fingerprint density at radius 1 is 0.864 bits per heavy atom. The Bertz CT molecular complexity index is 242. The molecule has 0 aromatic carbocycles. The van der Waals surface area contributed by atoms with Crippen LogP contribution in [0, 0.1) is 0 Å². The van der Waals surface area contributed by atoms with Crippen molar-refractivity contribution in [1.82, 2.24) is 5.32 Å². The average Bonchev–Trinajstić information content (AvgIpc) is 2.53. The molecule has 0 rings (SSSR count). The summed E-state index contributed by atoms with van der Waals surface area (Å²) in [5, 5.41) is 2.81. The van der Waals surface area contributed by atoms with Crippen LogP contribution in [0.2, 0.25) is 0 Å². The summed E-state index contributed by atoms with van der Waals surface area (Å²) in [6, 6.07) is 0. The zero-order valence-corrected chi connectivity index (χ0v) is 13.8. The number of carbonyl (C=O) groups excluding carboxylic acids is 1. The zero-order valence-electron chi connectivity index (χ0n) is 13.8. The molecule has 0 aliphatic rings. The summed E-state index contributed by atoms with van der Waals surface area (Å²) < 4.78 is 21.2. The summed E-state index contributed by atoms with van der Waals surface area (Å²) in [5.41, 5.74) is 5.28. The van der Waals surface area contributed by atoms with Crippen LogP contribution in [-0.2, 0) is 23.7 Å². The molecular weight excluding hydrogens is 288 g/mol. The van der Waals surface area contributed by atoms with Crippen LogP contribution in [0.5, 0.6) is 0 Å². The highest BCUT2D eigenvalue weighted by molar-refractivity contribution is 5.75. The molecule has 0 aliphatic carbocycles. The number of ether oxygens (including phenoxy) is 4. The molecule has 132 valence electrons. The quantitative estimate of drug-likeness (QED) is 0.375. The summed E-state index contributed by atoms with van der Waals surface area (Å²) >= 11 is 0. The number of hydrogen-bond donors (Lipinski definition) is 2. The Balaban J connectivity index is 3.04. The maximum atomic E-state index is 11.3. The fraction of sp³-hybridized carbons (Fsp3) is 0.933. The van der Waals surface area contributed by atoms with Gasteiger partial charge in [0.1, 0.15) is 0 Å². The summed E-state index contributed by atoms with van der Waals surface area (Å²) in [5.74, 6) is 0.0919. The van der Waals surface area contributed by atoms with Crippen molar-refractivity contribution >= 4 is 5.91 Å². The maximum absolute atomic E-state index is 11.3. The Morgan fingerprint density at radius 3 is 1.86 bits per heavy atom. The van der Waals surface area contributed by atoms with Gasteiger partial charge in [-0.1, -0.05) is 13.3 Å². The summed E-state index contributed by atoms with van der Waals surface area (Å²) in [6.07, 6.45) is 2.56. The predicted molar refractivity (Wildman–Crippen MR) is 84.9 cm³/mol. The highest BCUT2D eigenvalue weighted by Gasteiger charge is 1.98.